The molecule has 0 aliphatic carbocycles. The average molecular weight is 376 g/mol. The molecule has 0 bridgehead atoms. The summed E-state index contributed by atoms with van der Waals surface area (Å²) in [5, 5.41) is 13.9. The van der Waals surface area contributed by atoms with Crippen LogP contribution in [0, 0.1) is 3.57 Å². The summed E-state index contributed by atoms with van der Waals surface area (Å²) in [6, 6.07) is 7.28. The molecule has 0 unspecified atom stereocenters. The van der Waals surface area contributed by atoms with Crippen molar-refractivity contribution in [2.24, 2.45) is 0 Å². The molecule has 0 atom stereocenters. The number of aliphatic carboxylic acids is 1. The summed E-state index contributed by atoms with van der Waals surface area (Å²) in [5.74, 6) is -0.774. The Hall–Kier alpha value is -1.31. The molecule has 5 nitrogen and oxygen atoms in total. The van der Waals surface area contributed by atoms with Gasteiger partial charge in [-0.2, -0.15) is 0 Å². The fraction of sp³-hybridized carbons (Fsp3) is 0.385. The van der Waals surface area contributed by atoms with Crippen LogP contribution in [0.5, 0.6) is 0 Å². The summed E-state index contributed by atoms with van der Waals surface area (Å²) >= 11 is 2.20. The number of amides is 2. The maximum Gasteiger partial charge on any atom is 0.319 e. The quantitative estimate of drug-likeness (QED) is 0.506. The second kappa shape index (κ2) is 8.73. The number of benzene rings is 1. The van der Waals surface area contributed by atoms with Crippen molar-refractivity contribution in [2.75, 3.05) is 11.9 Å². The number of hydrogen-bond donors (Lipinski definition) is 3. The normalized spacial score (nSPS) is 9.95. The number of halogens is 1. The molecule has 0 aliphatic rings. The first-order chi connectivity index (χ1) is 9.08. The van der Waals surface area contributed by atoms with Crippen molar-refractivity contribution < 1.29 is 14.7 Å². The zero-order chi connectivity index (χ0) is 14.1. The number of rotatable bonds is 7. The lowest BCUT2D eigenvalue weighted by atomic mass is 10.2. The standard InChI is InChI=1S/C13H17IN2O3/c14-10-5-7-11(8-6-10)16-13(19)15-9-3-1-2-4-12(17)18/h5-8H,1-4,9H2,(H,17,18)(H2,15,16,19). The topological polar surface area (TPSA) is 78.4 Å². The predicted octanol–water partition coefficient (Wildman–Crippen LogP) is 3.06. The lowest BCUT2D eigenvalue weighted by Crippen LogP contribution is -2.29. The number of carbonyl (C=O) groups excluding carboxylic acids is 1. The van der Waals surface area contributed by atoms with Crippen molar-refractivity contribution in [3.05, 3.63) is 27.8 Å². The van der Waals surface area contributed by atoms with Gasteiger partial charge in [0.15, 0.2) is 0 Å². The van der Waals surface area contributed by atoms with Crippen LogP contribution in [-0.4, -0.2) is 23.7 Å². The molecule has 0 aliphatic heterocycles. The highest BCUT2D eigenvalue weighted by atomic mass is 127. The summed E-state index contributed by atoms with van der Waals surface area (Å²) in [6.07, 6.45) is 2.42. The minimum absolute atomic E-state index is 0.189. The van der Waals surface area contributed by atoms with Crippen LogP contribution in [0.4, 0.5) is 10.5 Å². The van der Waals surface area contributed by atoms with Crippen LogP contribution >= 0.6 is 22.6 Å². The van der Waals surface area contributed by atoms with Gasteiger partial charge in [-0.3, -0.25) is 4.79 Å². The van der Waals surface area contributed by atoms with Crippen LogP contribution in [-0.2, 0) is 4.79 Å². The molecule has 1 rings (SSSR count). The van der Waals surface area contributed by atoms with Gasteiger partial charge in [-0.05, 0) is 59.7 Å². The molecule has 3 N–H and O–H groups in total. The van der Waals surface area contributed by atoms with Crippen LogP contribution in [0.3, 0.4) is 0 Å². The Morgan fingerprint density at radius 2 is 1.79 bits per heavy atom. The molecule has 1 aromatic carbocycles. The number of carboxylic acid groups (broad SMARTS) is 1. The first-order valence-corrected chi connectivity index (χ1v) is 7.18. The Morgan fingerprint density at radius 3 is 2.42 bits per heavy atom. The van der Waals surface area contributed by atoms with Gasteiger partial charge >= 0.3 is 12.0 Å². The molecule has 19 heavy (non-hydrogen) atoms. The largest absolute Gasteiger partial charge is 0.481 e. The van der Waals surface area contributed by atoms with Crippen molar-refractivity contribution in [1.82, 2.24) is 5.32 Å². The monoisotopic (exact) mass is 376 g/mol. The van der Waals surface area contributed by atoms with Gasteiger partial charge in [-0.15, -0.1) is 0 Å². The highest BCUT2D eigenvalue weighted by Crippen LogP contribution is 2.10. The van der Waals surface area contributed by atoms with Crippen molar-refractivity contribution >= 4 is 40.3 Å². The van der Waals surface area contributed by atoms with E-state index in [0.717, 1.165) is 22.1 Å². The maximum atomic E-state index is 11.5. The van der Waals surface area contributed by atoms with Crippen LogP contribution < -0.4 is 10.6 Å². The lowest BCUT2D eigenvalue weighted by molar-refractivity contribution is -0.137. The highest BCUT2D eigenvalue weighted by molar-refractivity contribution is 14.1. The molecule has 0 fully saturated rings. The number of hydrogen-bond acceptors (Lipinski definition) is 2. The molecule has 0 heterocycles. The van der Waals surface area contributed by atoms with Gasteiger partial charge in [-0.1, -0.05) is 6.42 Å². The average Bonchev–Trinajstić information content (AvgIpc) is 2.36. The van der Waals surface area contributed by atoms with Gasteiger partial charge in [-0.25, -0.2) is 4.79 Å². The number of carbonyl (C=O) groups is 2. The number of nitrogens with one attached hydrogen (secondary N) is 2. The van der Waals surface area contributed by atoms with Gasteiger partial charge < -0.3 is 15.7 Å². The second-order valence-corrected chi connectivity index (χ2v) is 5.34. The summed E-state index contributed by atoms with van der Waals surface area (Å²) in [7, 11) is 0. The number of carboxylic acids is 1. The third-order valence-electron chi connectivity index (χ3n) is 2.46. The zero-order valence-electron chi connectivity index (χ0n) is 10.5. The Kier molecular flexibility index (Phi) is 7.24. The highest BCUT2D eigenvalue weighted by Gasteiger charge is 2.01. The summed E-state index contributed by atoms with van der Waals surface area (Å²) < 4.78 is 1.11. The SMILES string of the molecule is O=C(O)CCCCCNC(=O)Nc1ccc(I)cc1. The number of urea groups is 1. The van der Waals surface area contributed by atoms with Crippen molar-refractivity contribution in [2.45, 2.75) is 25.7 Å². The molecule has 2 amide bonds. The third kappa shape index (κ3) is 7.66. The van der Waals surface area contributed by atoms with Crippen LogP contribution in [0.2, 0.25) is 0 Å². The summed E-state index contributed by atoms with van der Waals surface area (Å²) in [4.78, 5) is 21.8. The molecule has 104 valence electrons. The minimum Gasteiger partial charge on any atom is -0.481 e. The van der Waals surface area contributed by atoms with E-state index in [4.69, 9.17) is 5.11 Å². The first-order valence-electron chi connectivity index (χ1n) is 6.10. The van der Waals surface area contributed by atoms with E-state index >= 15 is 0 Å². The summed E-state index contributed by atoms with van der Waals surface area (Å²) in [6.45, 7) is 0.551. The Morgan fingerprint density at radius 1 is 1.11 bits per heavy atom. The molecular formula is C13H17IN2O3. The van der Waals surface area contributed by atoms with Gasteiger partial charge in [0.25, 0.3) is 0 Å². The molecular weight excluding hydrogens is 359 g/mol. The smallest absolute Gasteiger partial charge is 0.319 e. The minimum atomic E-state index is -0.774. The number of anilines is 1. The van der Waals surface area contributed by atoms with E-state index in [0.29, 0.717) is 13.0 Å². The molecule has 0 spiro atoms. The van der Waals surface area contributed by atoms with E-state index in [9.17, 15) is 9.59 Å². The molecule has 1 aromatic rings. The Bertz CT molecular complexity index is 420. The molecule has 0 saturated heterocycles. The molecule has 6 heteroatoms. The van der Waals surface area contributed by atoms with E-state index in [2.05, 4.69) is 33.2 Å². The van der Waals surface area contributed by atoms with E-state index in [1.54, 1.807) is 0 Å². The molecule has 0 saturated carbocycles. The van der Waals surface area contributed by atoms with Crippen LogP contribution in [0.1, 0.15) is 25.7 Å². The zero-order valence-corrected chi connectivity index (χ0v) is 12.6. The fourth-order valence-corrected chi connectivity index (χ4v) is 1.85. The first kappa shape index (κ1) is 15.7. The predicted molar refractivity (Wildman–Crippen MR) is 82.3 cm³/mol. The van der Waals surface area contributed by atoms with Gasteiger partial charge in [0.2, 0.25) is 0 Å². The van der Waals surface area contributed by atoms with E-state index in [1.165, 1.54) is 0 Å². The van der Waals surface area contributed by atoms with Gasteiger partial charge in [0, 0.05) is 22.2 Å². The van der Waals surface area contributed by atoms with Crippen molar-refractivity contribution in [3.8, 4) is 0 Å². The lowest BCUT2D eigenvalue weighted by Gasteiger charge is -2.07. The van der Waals surface area contributed by atoms with Crippen LogP contribution in [0.15, 0.2) is 24.3 Å². The fourth-order valence-electron chi connectivity index (χ4n) is 1.49. The summed E-state index contributed by atoms with van der Waals surface area (Å²) in [5.41, 5.74) is 0.754. The Balaban J connectivity index is 2.11. The second-order valence-electron chi connectivity index (χ2n) is 4.09. The van der Waals surface area contributed by atoms with Crippen LogP contribution in [0.25, 0.3) is 0 Å². The Labute approximate surface area is 125 Å². The van der Waals surface area contributed by atoms with Crippen molar-refractivity contribution in [3.63, 3.8) is 0 Å². The van der Waals surface area contributed by atoms with Crippen molar-refractivity contribution in [1.29, 1.82) is 0 Å². The van der Waals surface area contributed by atoms with Gasteiger partial charge in [0.05, 0.1) is 0 Å². The maximum absolute atomic E-state index is 11.5. The van der Waals surface area contributed by atoms with E-state index in [-0.39, 0.29) is 12.5 Å². The molecule has 0 aromatic heterocycles. The third-order valence-corrected chi connectivity index (χ3v) is 3.17. The van der Waals surface area contributed by atoms with E-state index in [1.807, 2.05) is 24.3 Å². The van der Waals surface area contributed by atoms with Gasteiger partial charge in [0.1, 0.15) is 0 Å². The number of unbranched alkanes of at least 4 members (excludes halogenated alkanes) is 2. The van der Waals surface area contributed by atoms with E-state index < -0.39 is 5.97 Å². The molecule has 0 radical (unpaired) electrons.